The first-order valence-corrected chi connectivity index (χ1v) is 10.9. The minimum absolute atomic E-state index is 0.262. The van der Waals surface area contributed by atoms with Crippen LogP contribution < -0.4 is 15.5 Å². The number of furan rings is 1. The monoisotopic (exact) mass is 445 g/mol. The third-order valence-corrected chi connectivity index (χ3v) is 5.73. The van der Waals surface area contributed by atoms with Gasteiger partial charge in [0.25, 0.3) is 11.8 Å². The van der Waals surface area contributed by atoms with Gasteiger partial charge < -0.3 is 14.5 Å². The van der Waals surface area contributed by atoms with Crippen LogP contribution in [0.15, 0.2) is 58.0 Å². The number of benzene rings is 2. The lowest BCUT2D eigenvalue weighted by atomic mass is 9.93. The van der Waals surface area contributed by atoms with Gasteiger partial charge in [-0.1, -0.05) is 35.9 Å². The van der Waals surface area contributed by atoms with E-state index < -0.39 is 0 Å². The molecule has 33 heavy (non-hydrogen) atoms. The van der Waals surface area contributed by atoms with Crippen molar-refractivity contribution in [1.82, 2.24) is 10.7 Å². The Morgan fingerprint density at radius 2 is 1.85 bits per heavy atom. The molecule has 0 spiro atoms. The maximum atomic E-state index is 12.8. The fraction of sp³-hybridized carbons (Fsp3) is 0.269. The Hall–Kier alpha value is -3.87. The largest absolute Gasteiger partial charge is 0.497 e. The van der Waals surface area contributed by atoms with Gasteiger partial charge in [-0.2, -0.15) is 5.10 Å². The fourth-order valence-corrected chi connectivity index (χ4v) is 3.91. The molecule has 2 aromatic carbocycles. The van der Waals surface area contributed by atoms with E-state index in [1.54, 1.807) is 31.4 Å². The maximum absolute atomic E-state index is 12.8. The summed E-state index contributed by atoms with van der Waals surface area (Å²) in [6.07, 6.45) is 2.25. The minimum atomic E-state index is -0.328. The molecule has 2 N–H and O–H groups in total. The summed E-state index contributed by atoms with van der Waals surface area (Å²) in [6.45, 7) is 4.30. The summed E-state index contributed by atoms with van der Waals surface area (Å²) < 4.78 is 11.1. The summed E-state index contributed by atoms with van der Waals surface area (Å²) in [5, 5.41) is 7.30. The van der Waals surface area contributed by atoms with Gasteiger partial charge in [-0.3, -0.25) is 9.59 Å². The van der Waals surface area contributed by atoms with Crippen LogP contribution in [-0.2, 0) is 13.0 Å². The summed E-state index contributed by atoms with van der Waals surface area (Å²) in [5.74, 6) is 1.03. The summed E-state index contributed by atoms with van der Waals surface area (Å²) in [4.78, 5) is 25.4. The lowest BCUT2D eigenvalue weighted by Crippen LogP contribution is -2.23. The highest BCUT2D eigenvalue weighted by Crippen LogP contribution is 2.30. The Morgan fingerprint density at radius 3 is 2.61 bits per heavy atom. The Morgan fingerprint density at radius 1 is 1.06 bits per heavy atom. The second-order valence-electron chi connectivity index (χ2n) is 8.11. The first-order chi connectivity index (χ1) is 16.0. The molecule has 4 rings (SSSR count). The van der Waals surface area contributed by atoms with Gasteiger partial charge in [0, 0.05) is 29.7 Å². The molecule has 0 unspecified atom stereocenters. The third-order valence-electron chi connectivity index (χ3n) is 5.73. The van der Waals surface area contributed by atoms with Gasteiger partial charge in [0.1, 0.15) is 11.5 Å². The molecule has 0 saturated heterocycles. The van der Waals surface area contributed by atoms with E-state index in [0.29, 0.717) is 35.8 Å². The van der Waals surface area contributed by atoms with Gasteiger partial charge in [-0.25, -0.2) is 5.43 Å². The van der Waals surface area contributed by atoms with E-state index in [0.717, 1.165) is 35.3 Å². The molecule has 0 saturated carbocycles. The van der Waals surface area contributed by atoms with E-state index in [9.17, 15) is 9.59 Å². The maximum Gasteiger partial charge on any atom is 0.287 e. The van der Waals surface area contributed by atoms with E-state index in [1.165, 1.54) is 5.56 Å². The van der Waals surface area contributed by atoms with Crippen molar-refractivity contribution in [2.24, 2.45) is 5.10 Å². The Bertz CT molecular complexity index is 1210. The average molecular weight is 446 g/mol. The van der Waals surface area contributed by atoms with Gasteiger partial charge in [0.15, 0.2) is 5.76 Å². The molecule has 0 aliphatic heterocycles. The van der Waals surface area contributed by atoms with E-state index in [2.05, 4.69) is 15.8 Å². The summed E-state index contributed by atoms with van der Waals surface area (Å²) in [7, 11) is 1.55. The number of carbonyl (C=O) groups excluding carboxylic acids is 2. The van der Waals surface area contributed by atoms with Crippen LogP contribution in [-0.4, -0.2) is 24.6 Å². The molecule has 1 aliphatic carbocycles. The first-order valence-electron chi connectivity index (χ1n) is 10.9. The van der Waals surface area contributed by atoms with Crippen molar-refractivity contribution in [2.45, 2.75) is 39.7 Å². The highest BCUT2D eigenvalue weighted by atomic mass is 16.5. The molecular formula is C26H27N3O4. The molecule has 1 aliphatic rings. The molecule has 170 valence electrons. The second-order valence-corrected chi connectivity index (χ2v) is 8.11. The number of nitrogens with one attached hydrogen (secondary N) is 2. The number of methoxy groups -OCH3 is 1. The van der Waals surface area contributed by atoms with Crippen LogP contribution >= 0.6 is 0 Å². The van der Waals surface area contributed by atoms with Crippen LogP contribution in [0.4, 0.5) is 0 Å². The first kappa shape index (κ1) is 22.3. The van der Waals surface area contributed by atoms with Crippen LogP contribution in [0.25, 0.3) is 0 Å². The Labute approximate surface area is 192 Å². The predicted octanol–water partition coefficient (Wildman–Crippen LogP) is 4.31. The average Bonchev–Trinajstić information content (AvgIpc) is 3.19. The lowest BCUT2D eigenvalue weighted by molar-refractivity contribution is 0.0919. The standard InChI is InChI=1S/C26H27N3O4/c1-16-10-12-18(13-11-16)15-27-26(31)24-17(2)23-21(8-5-9-22(23)33-24)28-29-25(30)19-6-4-7-20(14-19)32-3/h4,6-7,10-14H,5,8-9,15H2,1-3H3,(H,27,31)(H,29,30)/b28-21+. The normalized spacial score (nSPS) is 14.0. The number of fused-ring (bicyclic) bond motifs is 1. The number of amides is 2. The zero-order valence-corrected chi connectivity index (χ0v) is 19.0. The molecule has 0 atom stereocenters. The van der Waals surface area contributed by atoms with Gasteiger partial charge >= 0.3 is 0 Å². The van der Waals surface area contributed by atoms with E-state index >= 15 is 0 Å². The van der Waals surface area contributed by atoms with Crippen LogP contribution in [0, 0.1) is 13.8 Å². The number of hydrogen-bond donors (Lipinski definition) is 2. The molecule has 0 radical (unpaired) electrons. The molecule has 7 heteroatoms. The van der Waals surface area contributed by atoms with Gasteiger partial charge in [0.2, 0.25) is 0 Å². The summed E-state index contributed by atoms with van der Waals surface area (Å²) in [6, 6.07) is 14.9. The topological polar surface area (TPSA) is 92.9 Å². The molecule has 3 aromatic rings. The number of nitrogens with zero attached hydrogens (tertiary/aromatic N) is 1. The van der Waals surface area contributed by atoms with Crippen molar-refractivity contribution in [3.05, 3.63) is 87.9 Å². The van der Waals surface area contributed by atoms with Gasteiger partial charge in [-0.15, -0.1) is 0 Å². The highest BCUT2D eigenvalue weighted by molar-refractivity contribution is 6.07. The highest BCUT2D eigenvalue weighted by Gasteiger charge is 2.28. The summed E-state index contributed by atoms with van der Waals surface area (Å²) >= 11 is 0. The number of hydrogen-bond acceptors (Lipinski definition) is 5. The number of carbonyl (C=O) groups is 2. The smallest absolute Gasteiger partial charge is 0.287 e. The Kier molecular flexibility index (Phi) is 6.58. The zero-order chi connectivity index (χ0) is 23.4. The van der Waals surface area contributed by atoms with Gasteiger partial charge in [-0.05, 0) is 50.5 Å². The lowest BCUT2D eigenvalue weighted by Gasteiger charge is -2.13. The molecule has 0 fully saturated rings. The van der Waals surface area contributed by atoms with E-state index in [-0.39, 0.29) is 11.8 Å². The zero-order valence-electron chi connectivity index (χ0n) is 19.0. The van der Waals surface area contributed by atoms with Crippen LogP contribution in [0.3, 0.4) is 0 Å². The van der Waals surface area contributed by atoms with E-state index in [1.807, 2.05) is 38.1 Å². The van der Waals surface area contributed by atoms with Crippen molar-refractivity contribution in [1.29, 1.82) is 0 Å². The van der Waals surface area contributed by atoms with Crippen LogP contribution in [0.1, 0.15) is 61.8 Å². The van der Waals surface area contributed by atoms with Crippen molar-refractivity contribution in [2.75, 3.05) is 7.11 Å². The van der Waals surface area contributed by atoms with Gasteiger partial charge in [0.05, 0.1) is 12.8 Å². The molecular weight excluding hydrogens is 418 g/mol. The van der Waals surface area contributed by atoms with Crippen molar-refractivity contribution in [3.8, 4) is 5.75 Å². The SMILES string of the molecule is COc1cccc(C(=O)N/N=C2\CCCc3oc(C(=O)NCc4ccc(C)cc4)c(C)c32)c1. The number of ether oxygens (including phenoxy) is 1. The van der Waals surface area contributed by atoms with Crippen molar-refractivity contribution < 1.29 is 18.7 Å². The fourth-order valence-electron chi connectivity index (χ4n) is 3.91. The van der Waals surface area contributed by atoms with Crippen molar-refractivity contribution >= 4 is 17.5 Å². The van der Waals surface area contributed by atoms with Crippen LogP contribution in [0.2, 0.25) is 0 Å². The minimum Gasteiger partial charge on any atom is -0.497 e. The van der Waals surface area contributed by atoms with Crippen LogP contribution in [0.5, 0.6) is 5.75 Å². The van der Waals surface area contributed by atoms with Crippen molar-refractivity contribution in [3.63, 3.8) is 0 Å². The molecule has 1 aromatic heterocycles. The molecule has 7 nitrogen and oxygen atoms in total. The number of aryl methyl sites for hydroxylation is 2. The number of hydrazone groups is 1. The number of rotatable bonds is 6. The second kappa shape index (κ2) is 9.73. The predicted molar refractivity (Wildman–Crippen MR) is 126 cm³/mol. The third kappa shape index (κ3) is 4.98. The molecule has 2 amide bonds. The molecule has 1 heterocycles. The summed E-state index contributed by atoms with van der Waals surface area (Å²) in [5.41, 5.74) is 7.54. The Balaban J connectivity index is 1.50. The van der Waals surface area contributed by atoms with E-state index in [4.69, 9.17) is 9.15 Å². The quantitative estimate of drug-likeness (QED) is 0.553. The molecule has 0 bridgehead atoms.